The Hall–Kier alpha value is -0.750. The van der Waals surface area contributed by atoms with Crippen LogP contribution in [0.1, 0.15) is 5.56 Å². The second-order valence-electron chi connectivity index (χ2n) is 3.92. The molecule has 0 aliphatic rings. The fourth-order valence-corrected chi connectivity index (χ4v) is 2.22. The number of methoxy groups -OCH3 is 1. The number of halogens is 3. The van der Waals surface area contributed by atoms with E-state index in [0.29, 0.717) is 31.4 Å². The molecule has 0 bridgehead atoms. The second-order valence-corrected chi connectivity index (χ2v) is 4.67. The molecule has 0 spiro atoms. The second kappa shape index (κ2) is 10.0. The van der Waals surface area contributed by atoms with Crippen molar-refractivity contribution in [2.45, 2.75) is 6.54 Å². The van der Waals surface area contributed by atoms with Crippen molar-refractivity contribution in [2.24, 2.45) is 0 Å². The van der Waals surface area contributed by atoms with Crippen LogP contribution < -0.4 is 4.74 Å². The molecule has 8 heteroatoms. The van der Waals surface area contributed by atoms with Crippen molar-refractivity contribution in [2.75, 3.05) is 32.0 Å². The molecular formula is C12H17Cl3N2O3. The molecule has 1 rings (SSSR count). The van der Waals surface area contributed by atoms with E-state index in [0.717, 1.165) is 5.56 Å². The number of nitro groups is 1. The molecule has 20 heavy (non-hydrogen) atoms. The SMILES string of the molecule is COc1ccc(CN(CCCl)CCCl)cc1[N+](=O)[O-].Cl. The van der Waals surface area contributed by atoms with Gasteiger partial charge in [-0.25, -0.2) is 0 Å². The highest BCUT2D eigenvalue weighted by atomic mass is 35.5. The van der Waals surface area contributed by atoms with Crippen molar-refractivity contribution in [1.29, 1.82) is 0 Å². The first-order valence-corrected chi connectivity index (χ1v) is 6.84. The third-order valence-electron chi connectivity index (χ3n) is 2.65. The van der Waals surface area contributed by atoms with E-state index in [1.807, 2.05) is 4.90 Å². The molecule has 0 heterocycles. The number of hydrogen-bond donors (Lipinski definition) is 0. The van der Waals surface area contributed by atoms with Crippen molar-refractivity contribution in [3.05, 3.63) is 33.9 Å². The summed E-state index contributed by atoms with van der Waals surface area (Å²) in [5, 5.41) is 10.9. The summed E-state index contributed by atoms with van der Waals surface area (Å²) in [5.74, 6) is 1.25. The van der Waals surface area contributed by atoms with Crippen LogP contribution in [0.25, 0.3) is 0 Å². The molecular weight excluding hydrogens is 327 g/mol. The fraction of sp³-hybridized carbons (Fsp3) is 0.500. The molecule has 0 radical (unpaired) electrons. The van der Waals surface area contributed by atoms with Gasteiger partial charge in [0.1, 0.15) is 0 Å². The first kappa shape index (κ1) is 19.2. The number of ether oxygens (including phenoxy) is 1. The van der Waals surface area contributed by atoms with Crippen LogP contribution in [-0.4, -0.2) is 41.8 Å². The molecule has 0 unspecified atom stereocenters. The van der Waals surface area contributed by atoms with Crippen molar-refractivity contribution in [3.8, 4) is 5.75 Å². The lowest BCUT2D eigenvalue weighted by atomic mass is 10.1. The van der Waals surface area contributed by atoms with E-state index in [9.17, 15) is 10.1 Å². The van der Waals surface area contributed by atoms with Crippen molar-refractivity contribution in [1.82, 2.24) is 4.90 Å². The zero-order chi connectivity index (χ0) is 14.3. The number of nitro benzene ring substituents is 1. The molecule has 0 saturated carbocycles. The minimum atomic E-state index is -0.449. The minimum Gasteiger partial charge on any atom is -0.490 e. The third kappa shape index (κ3) is 5.71. The summed E-state index contributed by atoms with van der Waals surface area (Å²) in [6.07, 6.45) is 0. The Morgan fingerprint density at radius 3 is 2.35 bits per heavy atom. The molecule has 0 amide bonds. The highest BCUT2D eigenvalue weighted by Crippen LogP contribution is 2.27. The number of benzene rings is 1. The molecule has 0 atom stereocenters. The Labute approximate surface area is 134 Å². The zero-order valence-electron chi connectivity index (χ0n) is 11.1. The summed E-state index contributed by atoms with van der Waals surface area (Å²) in [5.41, 5.74) is 0.805. The topological polar surface area (TPSA) is 55.6 Å². The van der Waals surface area contributed by atoms with Gasteiger partial charge in [-0.05, 0) is 11.6 Å². The summed E-state index contributed by atoms with van der Waals surface area (Å²) in [7, 11) is 1.41. The van der Waals surface area contributed by atoms with Crippen LogP contribution in [0.15, 0.2) is 18.2 Å². The lowest BCUT2D eigenvalue weighted by Crippen LogP contribution is -2.27. The summed E-state index contributed by atoms with van der Waals surface area (Å²) >= 11 is 11.4. The first-order chi connectivity index (χ1) is 9.12. The van der Waals surface area contributed by atoms with Crippen molar-refractivity contribution in [3.63, 3.8) is 0 Å². The Bertz CT molecular complexity index is 426. The molecule has 0 fully saturated rings. The van der Waals surface area contributed by atoms with Gasteiger partial charge in [0, 0.05) is 37.5 Å². The number of rotatable bonds is 8. The molecule has 0 N–H and O–H groups in total. The smallest absolute Gasteiger partial charge is 0.311 e. The number of alkyl halides is 2. The Morgan fingerprint density at radius 1 is 1.30 bits per heavy atom. The average molecular weight is 344 g/mol. The maximum Gasteiger partial charge on any atom is 0.311 e. The van der Waals surface area contributed by atoms with E-state index in [1.165, 1.54) is 13.2 Å². The van der Waals surface area contributed by atoms with E-state index < -0.39 is 4.92 Å². The molecule has 0 aliphatic heterocycles. The molecule has 5 nitrogen and oxygen atoms in total. The lowest BCUT2D eigenvalue weighted by Gasteiger charge is -2.20. The standard InChI is InChI=1S/C12H16Cl2N2O3.ClH/c1-19-12-3-2-10(8-11(12)16(17)18)9-15(6-4-13)7-5-14;/h2-3,8H,4-7,9H2,1H3;1H. The van der Waals surface area contributed by atoms with Gasteiger partial charge in [-0.1, -0.05) is 6.07 Å². The van der Waals surface area contributed by atoms with E-state index >= 15 is 0 Å². The maximum atomic E-state index is 10.9. The maximum absolute atomic E-state index is 10.9. The number of hydrogen-bond acceptors (Lipinski definition) is 4. The van der Waals surface area contributed by atoms with Crippen LogP contribution in [0.4, 0.5) is 5.69 Å². The Balaban J connectivity index is 0.00000361. The summed E-state index contributed by atoms with van der Waals surface area (Å²) in [4.78, 5) is 12.5. The predicted molar refractivity (Wildman–Crippen MR) is 83.6 cm³/mol. The quantitative estimate of drug-likeness (QED) is 0.413. The van der Waals surface area contributed by atoms with Crippen LogP contribution in [-0.2, 0) is 6.54 Å². The van der Waals surface area contributed by atoms with Gasteiger partial charge in [0.15, 0.2) is 5.75 Å². The first-order valence-electron chi connectivity index (χ1n) is 5.78. The van der Waals surface area contributed by atoms with Gasteiger partial charge in [-0.15, -0.1) is 35.6 Å². The molecule has 114 valence electrons. The van der Waals surface area contributed by atoms with Crippen molar-refractivity contribution >= 4 is 41.3 Å². The summed E-state index contributed by atoms with van der Waals surface area (Å²) < 4.78 is 4.96. The largest absolute Gasteiger partial charge is 0.490 e. The average Bonchev–Trinajstić information content (AvgIpc) is 2.39. The van der Waals surface area contributed by atoms with Gasteiger partial charge in [-0.3, -0.25) is 15.0 Å². The highest BCUT2D eigenvalue weighted by Gasteiger charge is 2.16. The predicted octanol–water partition coefficient (Wildman–Crippen LogP) is 3.30. The molecule has 0 aliphatic carbocycles. The highest BCUT2D eigenvalue weighted by molar-refractivity contribution is 6.18. The third-order valence-corrected chi connectivity index (χ3v) is 2.99. The fourth-order valence-electron chi connectivity index (χ4n) is 1.74. The zero-order valence-corrected chi connectivity index (χ0v) is 13.4. The molecule has 0 aromatic heterocycles. The van der Waals surface area contributed by atoms with Crippen LogP contribution in [0, 0.1) is 10.1 Å². The van der Waals surface area contributed by atoms with Gasteiger partial charge in [0.05, 0.1) is 12.0 Å². The summed E-state index contributed by atoms with van der Waals surface area (Å²) in [6.45, 7) is 1.95. The molecule has 0 saturated heterocycles. The van der Waals surface area contributed by atoms with E-state index in [4.69, 9.17) is 27.9 Å². The normalized spacial score (nSPS) is 10.2. The minimum absolute atomic E-state index is 0. The Morgan fingerprint density at radius 2 is 1.90 bits per heavy atom. The van der Waals surface area contributed by atoms with Crippen molar-refractivity contribution < 1.29 is 9.66 Å². The van der Waals surface area contributed by atoms with Gasteiger partial charge < -0.3 is 4.74 Å². The van der Waals surface area contributed by atoms with E-state index in [2.05, 4.69) is 0 Å². The lowest BCUT2D eigenvalue weighted by molar-refractivity contribution is -0.385. The van der Waals surface area contributed by atoms with Crippen LogP contribution in [0.3, 0.4) is 0 Å². The number of nitrogens with zero attached hydrogens (tertiary/aromatic N) is 2. The monoisotopic (exact) mass is 342 g/mol. The van der Waals surface area contributed by atoms with Crippen LogP contribution in [0.2, 0.25) is 0 Å². The van der Waals surface area contributed by atoms with Gasteiger partial charge >= 0.3 is 5.69 Å². The van der Waals surface area contributed by atoms with Crippen LogP contribution >= 0.6 is 35.6 Å². The van der Waals surface area contributed by atoms with Gasteiger partial charge in [-0.2, -0.15) is 0 Å². The molecule has 1 aromatic rings. The van der Waals surface area contributed by atoms with Gasteiger partial charge in [0.2, 0.25) is 0 Å². The van der Waals surface area contributed by atoms with E-state index in [-0.39, 0.29) is 23.8 Å². The van der Waals surface area contributed by atoms with E-state index in [1.54, 1.807) is 12.1 Å². The summed E-state index contributed by atoms with van der Waals surface area (Å²) in [6, 6.07) is 4.93. The Kier molecular flexibility index (Phi) is 9.67. The van der Waals surface area contributed by atoms with Gasteiger partial charge in [0.25, 0.3) is 0 Å². The van der Waals surface area contributed by atoms with Crippen LogP contribution in [0.5, 0.6) is 5.75 Å². The molecule has 1 aromatic carbocycles.